The van der Waals surface area contributed by atoms with Crippen LogP contribution < -0.4 is 0 Å². The van der Waals surface area contributed by atoms with Crippen LogP contribution in [0.4, 0.5) is 11.4 Å². The summed E-state index contributed by atoms with van der Waals surface area (Å²) in [4.78, 5) is 31.5. The normalized spacial score (nSPS) is 10.2. The van der Waals surface area contributed by atoms with Crippen LogP contribution in [-0.2, 0) is 9.53 Å². The summed E-state index contributed by atoms with van der Waals surface area (Å²) >= 11 is 0. The summed E-state index contributed by atoms with van der Waals surface area (Å²) in [7, 11) is 0. The van der Waals surface area contributed by atoms with Gasteiger partial charge >= 0.3 is 6.47 Å². The summed E-state index contributed by atoms with van der Waals surface area (Å²) in [6.45, 7) is 1.20. The average Bonchev–Trinajstić information content (AvgIpc) is 2.52. The Morgan fingerprint density at radius 2 is 1.27 bits per heavy atom. The number of nitrogens with zero attached hydrogens (tertiary/aromatic N) is 2. The molecule has 0 aliphatic heterocycles. The Hall–Kier alpha value is -3.29. The summed E-state index contributed by atoms with van der Waals surface area (Å²) in [6.07, 6.45) is -1.29. The van der Waals surface area contributed by atoms with Gasteiger partial charge in [0.05, 0.1) is 21.0 Å². The van der Waals surface area contributed by atoms with Crippen molar-refractivity contribution < 1.29 is 19.4 Å². The second-order valence-electron chi connectivity index (χ2n) is 4.21. The van der Waals surface area contributed by atoms with Crippen LogP contribution in [0.5, 0.6) is 0 Å². The Labute approximate surface area is 124 Å². The Morgan fingerprint density at radius 1 is 0.864 bits per heavy atom. The molecule has 0 aliphatic carbocycles. The molecule has 0 saturated heterocycles. The third-order valence-corrected chi connectivity index (χ3v) is 3.00. The topological polar surface area (TPSA) is 113 Å². The summed E-state index contributed by atoms with van der Waals surface area (Å²) in [5.41, 5.74) is -0.544. The van der Waals surface area contributed by atoms with Crippen LogP contribution in [0.15, 0.2) is 48.5 Å². The first-order valence-corrected chi connectivity index (χ1v) is 6.05. The molecule has 22 heavy (non-hydrogen) atoms. The maximum atomic E-state index is 11.1. The van der Waals surface area contributed by atoms with Crippen LogP contribution in [0.1, 0.15) is 17.2 Å². The van der Waals surface area contributed by atoms with Gasteiger partial charge in [0, 0.05) is 12.1 Å². The predicted molar refractivity (Wildman–Crippen MR) is 74.8 cm³/mol. The van der Waals surface area contributed by atoms with Crippen LogP contribution in [0.3, 0.4) is 0 Å². The number of para-hydroxylation sites is 2. The van der Waals surface area contributed by atoms with Gasteiger partial charge in [-0.15, -0.1) is 0 Å². The third-order valence-electron chi connectivity index (χ3n) is 3.00. The van der Waals surface area contributed by atoms with Crippen LogP contribution >= 0.6 is 0 Å². The van der Waals surface area contributed by atoms with Gasteiger partial charge in [-0.25, -0.2) is 4.79 Å². The standard InChI is InChI=1S/C14H9N2O6/c17-9-22-14(10-5-1-3-7-12(10)15(18)19)11-6-2-4-8-13(11)16(20)21/h1-8,14H. The van der Waals surface area contributed by atoms with Gasteiger partial charge in [-0.1, -0.05) is 24.3 Å². The highest BCUT2D eigenvalue weighted by Gasteiger charge is 2.30. The number of benzene rings is 2. The predicted octanol–water partition coefficient (Wildman–Crippen LogP) is 2.68. The zero-order valence-electron chi connectivity index (χ0n) is 11.0. The van der Waals surface area contributed by atoms with Crippen LogP contribution in [-0.4, -0.2) is 16.3 Å². The summed E-state index contributed by atoms with van der Waals surface area (Å²) in [5, 5.41) is 22.2. The lowest BCUT2D eigenvalue weighted by Gasteiger charge is -2.15. The quantitative estimate of drug-likeness (QED) is 0.598. The van der Waals surface area contributed by atoms with E-state index >= 15 is 0 Å². The van der Waals surface area contributed by atoms with E-state index in [1.165, 1.54) is 55.0 Å². The van der Waals surface area contributed by atoms with Crippen LogP contribution in [0, 0.1) is 20.2 Å². The van der Waals surface area contributed by atoms with E-state index in [0.717, 1.165) is 0 Å². The van der Waals surface area contributed by atoms with Crippen molar-refractivity contribution in [2.24, 2.45) is 0 Å². The van der Waals surface area contributed by atoms with Crippen molar-refractivity contribution in [2.75, 3.05) is 0 Å². The van der Waals surface area contributed by atoms with E-state index in [4.69, 9.17) is 4.74 Å². The summed E-state index contributed by atoms with van der Waals surface area (Å²) < 4.78 is 4.78. The number of rotatable bonds is 6. The van der Waals surface area contributed by atoms with Gasteiger partial charge in [-0.2, -0.15) is 0 Å². The zero-order valence-corrected chi connectivity index (χ0v) is 11.0. The monoisotopic (exact) mass is 301 g/mol. The molecule has 0 amide bonds. The van der Waals surface area contributed by atoms with Crippen LogP contribution in [0.25, 0.3) is 0 Å². The smallest absolute Gasteiger partial charge is 0.418 e. The zero-order chi connectivity index (χ0) is 16.1. The van der Waals surface area contributed by atoms with E-state index in [-0.39, 0.29) is 22.5 Å². The fourth-order valence-corrected chi connectivity index (χ4v) is 2.09. The molecule has 0 saturated carbocycles. The van der Waals surface area contributed by atoms with E-state index in [1.54, 1.807) is 0 Å². The number of hydrogen-bond acceptors (Lipinski definition) is 6. The lowest BCUT2D eigenvalue weighted by atomic mass is 9.98. The number of hydrogen-bond donors (Lipinski definition) is 0. The molecule has 2 aromatic carbocycles. The first-order valence-electron chi connectivity index (χ1n) is 6.05. The summed E-state index contributed by atoms with van der Waals surface area (Å²) in [6, 6.07) is 11.1. The molecular formula is C14H9N2O6. The van der Waals surface area contributed by atoms with Gasteiger partial charge in [0.15, 0.2) is 6.10 Å². The Morgan fingerprint density at radius 3 is 1.64 bits per heavy atom. The van der Waals surface area contributed by atoms with Gasteiger partial charge in [-0.05, 0) is 12.1 Å². The molecule has 0 aromatic heterocycles. The van der Waals surface area contributed by atoms with Crippen molar-refractivity contribution in [3.05, 3.63) is 79.9 Å². The van der Waals surface area contributed by atoms with Crippen molar-refractivity contribution >= 4 is 17.8 Å². The molecule has 0 atom stereocenters. The van der Waals surface area contributed by atoms with Gasteiger partial charge in [0.25, 0.3) is 11.4 Å². The van der Waals surface area contributed by atoms with Gasteiger partial charge in [0.1, 0.15) is 0 Å². The lowest BCUT2D eigenvalue weighted by molar-refractivity contribution is -0.387. The number of ether oxygens (including phenoxy) is 1. The lowest BCUT2D eigenvalue weighted by Crippen LogP contribution is -2.10. The SMILES string of the molecule is O=[C]OC(c1ccccc1[N+](=O)[O-])c1ccccc1[N+](=O)[O-]. The minimum Gasteiger partial charge on any atom is -0.444 e. The van der Waals surface area contributed by atoms with Gasteiger partial charge in [0.2, 0.25) is 0 Å². The second kappa shape index (κ2) is 6.44. The Balaban J connectivity index is 2.64. The molecule has 0 heterocycles. The van der Waals surface area contributed by atoms with E-state index in [2.05, 4.69) is 0 Å². The minimum atomic E-state index is -1.29. The fraction of sp³-hybridized carbons (Fsp3) is 0.0714. The van der Waals surface area contributed by atoms with Crippen molar-refractivity contribution in [1.29, 1.82) is 0 Å². The average molecular weight is 301 g/mol. The second-order valence-corrected chi connectivity index (χ2v) is 4.21. The largest absolute Gasteiger partial charge is 0.444 e. The van der Waals surface area contributed by atoms with Crippen molar-refractivity contribution in [1.82, 2.24) is 0 Å². The first kappa shape index (κ1) is 15.1. The molecular weight excluding hydrogens is 292 g/mol. The maximum Gasteiger partial charge on any atom is 0.418 e. The van der Waals surface area contributed by atoms with E-state index in [1.807, 2.05) is 0 Å². The Kier molecular flexibility index (Phi) is 4.42. The molecule has 8 heteroatoms. The molecule has 111 valence electrons. The molecule has 2 aromatic rings. The highest BCUT2D eigenvalue weighted by Crippen LogP contribution is 2.36. The van der Waals surface area contributed by atoms with Crippen molar-refractivity contribution in [2.45, 2.75) is 6.10 Å². The molecule has 0 fully saturated rings. The van der Waals surface area contributed by atoms with Crippen molar-refractivity contribution in [3.63, 3.8) is 0 Å². The fourth-order valence-electron chi connectivity index (χ4n) is 2.09. The van der Waals surface area contributed by atoms with E-state index in [9.17, 15) is 25.0 Å². The molecule has 8 nitrogen and oxygen atoms in total. The van der Waals surface area contributed by atoms with E-state index < -0.39 is 16.0 Å². The van der Waals surface area contributed by atoms with E-state index in [0.29, 0.717) is 0 Å². The molecule has 0 bridgehead atoms. The molecule has 0 spiro atoms. The van der Waals surface area contributed by atoms with Crippen molar-refractivity contribution in [3.8, 4) is 0 Å². The highest BCUT2D eigenvalue weighted by molar-refractivity contribution is 5.53. The summed E-state index contributed by atoms with van der Waals surface area (Å²) in [5.74, 6) is 0. The molecule has 0 aliphatic rings. The molecule has 1 radical (unpaired) electrons. The molecule has 0 N–H and O–H groups in total. The third kappa shape index (κ3) is 2.90. The number of nitro groups is 2. The van der Waals surface area contributed by atoms with Gasteiger partial charge in [-0.3, -0.25) is 20.2 Å². The molecule has 2 rings (SSSR count). The van der Waals surface area contributed by atoms with Crippen LogP contribution in [0.2, 0.25) is 0 Å². The molecule has 0 unspecified atom stereocenters. The van der Waals surface area contributed by atoms with Gasteiger partial charge < -0.3 is 4.74 Å². The maximum absolute atomic E-state index is 11.1. The number of nitro benzene ring substituents is 2. The minimum absolute atomic E-state index is 0.0325. The first-order chi connectivity index (χ1) is 10.6. The number of carbonyl (C=O) groups excluding carboxylic acids is 1. The highest BCUT2D eigenvalue weighted by atomic mass is 16.6. The Bertz CT molecular complexity index is 673.